The maximum atomic E-state index is 12.6. The number of allylic oxidation sites excluding steroid dienone is 3. The number of rotatable bonds is 8. The molecule has 1 N–H and O–H groups in total. The molecule has 27 heavy (non-hydrogen) atoms. The Labute approximate surface area is 163 Å². The summed E-state index contributed by atoms with van der Waals surface area (Å²) in [6.45, 7) is 12.6. The monoisotopic (exact) mass is 365 g/mol. The molecule has 3 nitrogen and oxygen atoms in total. The highest BCUT2D eigenvalue weighted by molar-refractivity contribution is 6.10. The summed E-state index contributed by atoms with van der Waals surface area (Å²) in [5, 5.41) is 3.06. The minimum atomic E-state index is -0.383. The number of benzene rings is 1. The molecule has 0 saturated heterocycles. The molecule has 0 radical (unpaired) electrons. The quantitative estimate of drug-likeness (QED) is 0.395. The van der Waals surface area contributed by atoms with E-state index in [4.69, 9.17) is 0 Å². The molecule has 3 heteroatoms. The Morgan fingerprint density at radius 3 is 2.41 bits per heavy atom. The molecule has 1 amide bonds. The molecule has 1 fully saturated rings. The fourth-order valence-corrected chi connectivity index (χ4v) is 3.40. The Bertz CT molecular complexity index is 709. The Morgan fingerprint density at radius 2 is 1.81 bits per heavy atom. The zero-order valence-electron chi connectivity index (χ0n) is 16.5. The molecule has 0 aromatic heterocycles. The van der Waals surface area contributed by atoms with Crippen LogP contribution in [0.1, 0.15) is 49.9 Å². The van der Waals surface area contributed by atoms with E-state index in [9.17, 15) is 9.59 Å². The van der Waals surface area contributed by atoms with Crippen molar-refractivity contribution in [1.82, 2.24) is 5.32 Å². The average molecular weight is 366 g/mol. The van der Waals surface area contributed by atoms with Crippen molar-refractivity contribution in [3.05, 3.63) is 72.4 Å². The number of hydrogen-bond donors (Lipinski definition) is 1. The van der Waals surface area contributed by atoms with Crippen LogP contribution in [-0.2, 0) is 4.79 Å². The third kappa shape index (κ3) is 6.06. The lowest BCUT2D eigenvalue weighted by Gasteiger charge is -2.26. The summed E-state index contributed by atoms with van der Waals surface area (Å²) in [6.07, 6.45) is 8.06. The second-order valence-corrected chi connectivity index (χ2v) is 7.67. The Kier molecular flexibility index (Phi) is 7.78. The van der Waals surface area contributed by atoms with Crippen LogP contribution in [0.3, 0.4) is 0 Å². The van der Waals surface area contributed by atoms with Gasteiger partial charge in [0.15, 0.2) is 5.78 Å². The predicted octanol–water partition coefficient (Wildman–Crippen LogP) is 5.12. The molecule has 1 unspecified atom stereocenters. The summed E-state index contributed by atoms with van der Waals surface area (Å²) in [5.41, 5.74) is 1.66. The molecule has 1 saturated carbocycles. The first kappa shape index (κ1) is 20.9. The van der Waals surface area contributed by atoms with Crippen molar-refractivity contribution in [3.63, 3.8) is 0 Å². The third-order valence-electron chi connectivity index (χ3n) is 5.51. The van der Waals surface area contributed by atoms with Crippen LogP contribution in [-0.4, -0.2) is 18.2 Å². The van der Waals surface area contributed by atoms with Gasteiger partial charge in [-0.05, 0) is 43.3 Å². The maximum Gasteiger partial charge on any atom is 0.227 e. The molecule has 1 aromatic rings. The summed E-state index contributed by atoms with van der Waals surface area (Å²) >= 11 is 0. The first-order valence-electron chi connectivity index (χ1n) is 9.82. The van der Waals surface area contributed by atoms with E-state index in [0.717, 1.165) is 12.5 Å². The van der Waals surface area contributed by atoms with E-state index in [1.165, 1.54) is 31.8 Å². The summed E-state index contributed by atoms with van der Waals surface area (Å²) in [5.74, 6) is 0.844. The second-order valence-electron chi connectivity index (χ2n) is 7.67. The second kappa shape index (κ2) is 10.1. The number of carbonyl (C=O) groups excluding carboxylic acids is 2. The van der Waals surface area contributed by atoms with Crippen molar-refractivity contribution >= 4 is 11.7 Å². The highest BCUT2D eigenvalue weighted by Gasteiger charge is 2.21. The summed E-state index contributed by atoms with van der Waals surface area (Å²) in [6, 6.07) is 9.05. The number of hydrogen-bond acceptors (Lipinski definition) is 2. The van der Waals surface area contributed by atoms with Crippen LogP contribution in [0.15, 0.2) is 66.8 Å². The molecule has 144 valence electrons. The van der Waals surface area contributed by atoms with Crippen LogP contribution < -0.4 is 5.32 Å². The van der Waals surface area contributed by atoms with E-state index in [1.54, 1.807) is 18.2 Å². The first-order chi connectivity index (χ1) is 12.9. The SMILES string of the molecule is C=C/C(=C\C(=C)C(C)C(=O)NCC1CCC(C)CC1)C(=O)c1ccccc1. The van der Waals surface area contributed by atoms with Gasteiger partial charge >= 0.3 is 0 Å². The zero-order chi connectivity index (χ0) is 19.8. The largest absolute Gasteiger partial charge is 0.355 e. The molecule has 0 aliphatic heterocycles. The van der Waals surface area contributed by atoms with Crippen molar-refractivity contribution in [1.29, 1.82) is 0 Å². The van der Waals surface area contributed by atoms with Crippen LogP contribution in [0.2, 0.25) is 0 Å². The van der Waals surface area contributed by atoms with E-state index in [1.807, 2.05) is 25.1 Å². The van der Waals surface area contributed by atoms with Crippen LogP contribution >= 0.6 is 0 Å². The van der Waals surface area contributed by atoms with Crippen LogP contribution in [0.5, 0.6) is 0 Å². The van der Waals surface area contributed by atoms with E-state index in [2.05, 4.69) is 25.4 Å². The van der Waals surface area contributed by atoms with Gasteiger partial charge in [0, 0.05) is 17.7 Å². The number of nitrogens with one attached hydrogen (secondary N) is 1. The van der Waals surface area contributed by atoms with Gasteiger partial charge < -0.3 is 5.32 Å². The molecule has 1 aromatic carbocycles. The molecule has 1 aliphatic carbocycles. The lowest BCUT2D eigenvalue weighted by atomic mass is 9.83. The van der Waals surface area contributed by atoms with E-state index >= 15 is 0 Å². The van der Waals surface area contributed by atoms with Gasteiger partial charge in [0.2, 0.25) is 5.91 Å². The van der Waals surface area contributed by atoms with Crippen molar-refractivity contribution in [2.45, 2.75) is 39.5 Å². The van der Waals surface area contributed by atoms with Crippen LogP contribution in [0.25, 0.3) is 0 Å². The van der Waals surface area contributed by atoms with Crippen molar-refractivity contribution < 1.29 is 9.59 Å². The molecule has 2 rings (SSSR count). The predicted molar refractivity (Wildman–Crippen MR) is 111 cm³/mol. The fraction of sp³-hybridized carbons (Fsp3) is 0.417. The van der Waals surface area contributed by atoms with Gasteiger partial charge in [-0.2, -0.15) is 0 Å². The lowest BCUT2D eigenvalue weighted by Crippen LogP contribution is -2.35. The maximum absolute atomic E-state index is 12.6. The smallest absolute Gasteiger partial charge is 0.227 e. The minimum absolute atomic E-state index is 0.0366. The van der Waals surface area contributed by atoms with Gasteiger partial charge in [-0.15, -0.1) is 0 Å². The van der Waals surface area contributed by atoms with Crippen LogP contribution in [0, 0.1) is 17.8 Å². The average Bonchev–Trinajstić information content (AvgIpc) is 2.70. The number of amides is 1. The van der Waals surface area contributed by atoms with Crippen molar-refractivity contribution in [3.8, 4) is 0 Å². The third-order valence-corrected chi connectivity index (χ3v) is 5.51. The highest BCUT2D eigenvalue weighted by atomic mass is 16.1. The number of Topliss-reactive ketones (excluding diaryl/α,β-unsaturated/α-hetero) is 1. The van der Waals surface area contributed by atoms with Gasteiger partial charge in [0.1, 0.15) is 0 Å². The molecule has 0 heterocycles. The van der Waals surface area contributed by atoms with Gasteiger partial charge in [0.05, 0.1) is 5.92 Å². The van der Waals surface area contributed by atoms with Crippen molar-refractivity contribution in [2.75, 3.05) is 6.54 Å². The van der Waals surface area contributed by atoms with E-state index < -0.39 is 0 Å². The Hall–Kier alpha value is -2.42. The van der Waals surface area contributed by atoms with Gasteiger partial charge in [-0.1, -0.05) is 69.3 Å². The first-order valence-corrected chi connectivity index (χ1v) is 9.82. The number of carbonyl (C=O) groups is 2. The lowest BCUT2D eigenvalue weighted by molar-refractivity contribution is -0.123. The molecule has 1 aliphatic rings. The summed E-state index contributed by atoms with van der Waals surface area (Å²) < 4.78 is 0. The van der Waals surface area contributed by atoms with Gasteiger partial charge in [-0.25, -0.2) is 0 Å². The Balaban J connectivity index is 1.94. The normalized spacial score (nSPS) is 21.2. The highest BCUT2D eigenvalue weighted by Crippen LogP contribution is 2.27. The molecule has 0 bridgehead atoms. The minimum Gasteiger partial charge on any atom is -0.355 e. The zero-order valence-corrected chi connectivity index (χ0v) is 16.5. The molecular formula is C24H31NO2. The van der Waals surface area contributed by atoms with Gasteiger partial charge in [0.25, 0.3) is 0 Å². The molecule has 0 spiro atoms. The number of ketones is 1. The van der Waals surface area contributed by atoms with Crippen molar-refractivity contribution in [2.24, 2.45) is 17.8 Å². The van der Waals surface area contributed by atoms with Crippen LogP contribution in [0.4, 0.5) is 0 Å². The molecular weight excluding hydrogens is 334 g/mol. The molecule has 1 atom stereocenters. The topological polar surface area (TPSA) is 46.2 Å². The fourth-order valence-electron chi connectivity index (χ4n) is 3.40. The standard InChI is InChI=1S/C24H31NO2/c1-5-21(23(26)22-9-7-6-8-10-22)15-18(3)19(4)24(27)25-16-20-13-11-17(2)12-14-20/h5-10,15,17,19-20H,1,3,11-14,16H2,2,4H3,(H,25,27)/b21-15+. The van der Waals surface area contributed by atoms with Gasteiger partial charge in [-0.3, -0.25) is 9.59 Å². The van der Waals surface area contributed by atoms with E-state index in [-0.39, 0.29) is 17.6 Å². The van der Waals surface area contributed by atoms with E-state index in [0.29, 0.717) is 22.6 Å². The summed E-state index contributed by atoms with van der Waals surface area (Å²) in [4.78, 5) is 25.1. The summed E-state index contributed by atoms with van der Waals surface area (Å²) in [7, 11) is 0. The Morgan fingerprint density at radius 1 is 1.19 bits per heavy atom.